The van der Waals surface area contributed by atoms with E-state index in [0.29, 0.717) is 12.2 Å². The van der Waals surface area contributed by atoms with E-state index in [2.05, 4.69) is 43.8 Å². The van der Waals surface area contributed by atoms with Gasteiger partial charge in [-0.05, 0) is 32.4 Å². The van der Waals surface area contributed by atoms with Crippen molar-refractivity contribution >= 4 is 17.5 Å². The average molecular weight is 343 g/mol. The molecule has 2 aromatic rings. The molecule has 0 radical (unpaired) electrons. The minimum atomic E-state index is -0.187. The summed E-state index contributed by atoms with van der Waals surface area (Å²) >= 11 is 0. The molecule has 1 aliphatic rings. The van der Waals surface area contributed by atoms with Crippen molar-refractivity contribution in [1.29, 1.82) is 0 Å². The number of hydrogen-bond donors (Lipinski definition) is 1. The van der Waals surface area contributed by atoms with Gasteiger partial charge in [-0.2, -0.15) is 0 Å². The standard InChI is InChI=1S/C17H25N7O/c1-4-23(5-2)14-9-8-13(11-18-14)19-17(25)22(3)12-16-21-20-15-7-6-10-24(15)16/h8-9,11H,4-7,10,12H2,1-3H3,(H,19,25). The van der Waals surface area contributed by atoms with E-state index < -0.39 is 0 Å². The van der Waals surface area contributed by atoms with Gasteiger partial charge in [0.2, 0.25) is 0 Å². The van der Waals surface area contributed by atoms with Gasteiger partial charge in [-0.1, -0.05) is 0 Å². The monoisotopic (exact) mass is 343 g/mol. The van der Waals surface area contributed by atoms with Gasteiger partial charge < -0.3 is 19.7 Å². The third-order valence-electron chi connectivity index (χ3n) is 4.50. The molecule has 3 heterocycles. The number of anilines is 2. The number of amides is 2. The van der Waals surface area contributed by atoms with Gasteiger partial charge in [0.05, 0.1) is 18.4 Å². The molecule has 1 aliphatic heterocycles. The Morgan fingerprint density at radius 3 is 2.76 bits per heavy atom. The number of nitrogens with one attached hydrogen (secondary N) is 1. The zero-order chi connectivity index (χ0) is 17.8. The van der Waals surface area contributed by atoms with Crippen LogP contribution in [0.5, 0.6) is 0 Å². The summed E-state index contributed by atoms with van der Waals surface area (Å²) in [5, 5.41) is 11.2. The largest absolute Gasteiger partial charge is 0.357 e. The molecular formula is C17H25N7O. The Balaban J connectivity index is 1.59. The molecule has 0 saturated carbocycles. The lowest BCUT2D eigenvalue weighted by Crippen LogP contribution is -2.32. The fourth-order valence-electron chi connectivity index (χ4n) is 3.03. The van der Waals surface area contributed by atoms with Gasteiger partial charge in [-0.25, -0.2) is 9.78 Å². The summed E-state index contributed by atoms with van der Waals surface area (Å²) in [4.78, 5) is 20.6. The zero-order valence-corrected chi connectivity index (χ0v) is 15.1. The van der Waals surface area contributed by atoms with E-state index in [9.17, 15) is 4.79 Å². The number of aromatic nitrogens is 4. The van der Waals surface area contributed by atoms with Crippen molar-refractivity contribution in [3.8, 4) is 0 Å². The van der Waals surface area contributed by atoms with Gasteiger partial charge >= 0.3 is 6.03 Å². The van der Waals surface area contributed by atoms with Crippen molar-refractivity contribution in [3.63, 3.8) is 0 Å². The molecule has 0 aliphatic carbocycles. The molecular weight excluding hydrogens is 318 g/mol. The second-order valence-corrected chi connectivity index (χ2v) is 6.15. The quantitative estimate of drug-likeness (QED) is 0.869. The molecule has 8 nitrogen and oxygen atoms in total. The van der Waals surface area contributed by atoms with Crippen molar-refractivity contribution in [1.82, 2.24) is 24.6 Å². The highest BCUT2D eigenvalue weighted by Gasteiger charge is 2.20. The van der Waals surface area contributed by atoms with Crippen LogP contribution in [0.25, 0.3) is 0 Å². The van der Waals surface area contributed by atoms with Crippen molar-refractivity contribution in [2.45, 2.75) is 39.8 Å². The third kappa shape index (κ3) is 3.72. The molecule has 0 atom stereocenters. The van der Waals surface area contributed by atoms with E-state index in [0.717, 1.165) is 49.9 Å². The topological polar surface area (TPSA) is 79.2 Å². The molecule has 0 saturated heterocycles. The van der Waals surface area contributed by atoms with Crippen LogP contribution in [0, 0.1) is 0 Å². The van der Waals surface area contributed by atoms with Crippen molar-refractivity contribution < 1.29 is 4.79 Å². The molecule has 0 spiro atoms. The second-order valence-electron chi connectivity index (χ2n) is 6.15. The molecule has 2 amide bonds. The molecule has 0 unspecified atom stereocenters. The van der Waals surface area contributed by atoms with Crippen molar-refractivity contribution in [3.05, 3.63) is 30.0 Å². The van der Waals surface area contributed by atoms with Crippen LogP contribution in [0.3, 0.4) is 0 Å². The number of urea groups is 1. The molecule has 0 fully saturated rings. The number of rotatable bonds is 6. The van der Waals surface area contributed by atoms with E-state index in [1.54, 1.807) is 18.1 Å². The van der Waals surface area contributed by atoms with Crippen molar-refractivity contribution in [2.24, 2.45) is 0 Å². The Morgan fingerprint density at radius 1 is 1.28 bits per heavy atom. The summed E-state index contributed by atoms with van der Waals surface area (Å²) in [6, 6.07) is 3.61. The molecule has 25 heavy (non-hydrogen) atoms. The summed E-state index contributed by atoms with van der Waals surface area (Å²) in [6.45, 7) is 7.36. The van der Waals surface area contributed by atoms with Gasteiger partial charge in [-0.15, -0.1) is 10.2 Å². The van der Waals surface area contributed by atoms with E-state index >= 15 is 0 Å². The second kappa shape index (κ2) is 7.50. The number of fused-ring (bicyclic) bond motifs is 1. The van der Waals surface area contributed by atoms with Crippen LogP contribution in [0.4, 0.5) is 16.3 Å². The maximum absolute atomic E-state index is 12.4. The smallest absolute Gasteiger partial charge is 0.322 e. The summed E-state index contributed by atoms with van der Waals surface area (Å²) in [6.07, 6.45) is 3.75. The lowest BCUT2D eigenvalue weighted by atomic mass is 10.3. The first-order valence-corrected chi connectivity index (χ1v) is 8.76. The van der Waals surface area contributed by atoms with Crippen LogP contribution in [0.2, 0.25) is 0 Å². The third-order valence-corrected chi connectivity index (χ3v) is 4.50. The van der Waals surface area contributed by atoms with Gasteiger partial charge in [-0.3, -0.25) is 0 Å². The lowest BCUT2D eigenvalue weighted by Gasteiger charge is -2.20. The number of nitrogens with zero attached hydrogens (tertiary/aromatic N) is 6. The van der Waals surface area contributed by atoms with E-state index in [4.69, 9.17) is 0 Å². The first kappa shape index (κ1) is 17.2. The van der Waals surface area contributed by atoms with Gasteiger partial charge in [0.15, 0.2) is 5.82 Å². The molecule has 2 aromatic heterocycles. The first-order chi connectivity index (χ1) is 12.1. The maximum atomic E-state index is 12.4. The number of aryl methyl sites for hydroxylation is 1. The number of hydrogen-bond acceptors (Lipinski definition) is 5. The van der Waals surface area contributed by atoms with Crippen LogP contribution >= 0.6 is 0 Å². The van der Waals surface area contributed by atoms with Gasteiger partial charge in [0, 0.05) is 33.1 Å². The lowest BCUT2D eigenvalue weighted by molar-refractivity contribution is 0.219. The summed E-state index contributed by atoms with van der Waals surface area (Å²) in [5.41, 5.74) is 0.680. The number of carbonyl (C=O) groups excluding carboxylic acids is 1. The fraction of sp³-hybridized carbons (Fsp3) is 0.529. The first-order valence-electron chi connectivity index (χ1n) is 8.76. The van der Waals surface area contributed by atoms with Crippen LogP contribution in [-0.4, -0.2) is 50.8 Å². The highest BCUT2D eigenvalue weighted by Crippen LogP contribution is 2.16. The Hall–Kier alpha value is -2.64. The Labute approximate surface area is 147 Å². The molecule has 3 rings (SSSR count). The van der Waals surface area contributed by atoms with Gasteiger partial charge in [0.25, 0.3) is 0 Å². The van der Waals surface area contributed by atoms with Gasteiger partial charge in [0.1, 0.15) is 11.6 Å². The number of carbonyl (C=O) groups is 1. The van der Waals surface area contributed by atoms with Crippen LogP contribution in [0.15, 0.2) is 18.3 Å². The Morgan fingerprint density at radius 2 is 2.08 bits per heavy atom. The Bertz CT molecular complexity index is 721. The van der Waals surface area contributed by atoms with E-state index in [1.165, 1.54) is 0 Å². The minimum Gasteiger partial charge on any atom is -0.357 e. The predicted molar refractivity (Wildman–Crippen MR) is 96.6 cm³/mol. The fourth-order valence-corrected chi connectivity index (χ4v) is 3.03. The summed E-state index contributed by atoms with van der Waals surface area (Å²) in [5.74, 6) is 2.76. The Kier molecular flexibility index (Phi) is 5.16. The molecule has 8 heteroatoms. The normalized spacial score (nSPS) is 12.8. The minimum absolute atomic E-state index is 0.187. The molecule has 0 aromatic carbocycles. The number of pyridine rings is 1. The SMILES string of the molecule is CCN(CC)c1ccc(NC(=O)N(C)Cc2nnc3n2CCC3)cn1. The van der Waals surface area contributed by atoms with Crippen molar-refractivity contribution in [2.75, 3.05) is 30.4 Å². The zero-order valence-electron chi connectivity index (χ0n) is 15.1. The highest BCUT2D eigenvalue weighted by molar-refractivity contribution is 5.88. The van der Waals surface area contributed by atoms with E-state index in [1.807, 2.05) is 12.1 Å². The maximum Gasteiger partial charge on any atom is 0.322 e. The van der Waals surface area contributed by atoms with Crippen LogP contribution < -0.4 is 10.2 Å². The summed E-state index contributed by atoms with van der Waals surface area (Å²) < 4.78 is 2.10. The van der Waals surface area contributed by atoms with E-state index in [-0.39, 0.29) is 6.03 Å². The molecule has 0 bridgehead atoms. The molecule has 1 N–H and O–H groups in total. The summed E-state index contributed by atoms with van der Waals surface area (Å²) in [7, 11) is 1.75. The highest BCUT2D eigenvalue weighted by atomic mass is 16.2. The van der Waals surface area contributed by atoms with Crippen LogP contribution in [-0.2, 0) is 19.5 Å². The van der Waals surface area contributed by atoms with Crippen LogP contribution in [0.1, 0.15) is 31.9 Å². The average Bonchev–Trinajstić information content (AvgIpc) is 3.22. The molecule has 134 valence electrons. The predicted octanol–water partition coefficient (Wildman–Crippen LogP) is 2.13.